The van der Waals surface area contributed by atoms with Crippen LogP contribution in [0.1, 0.15) is 34.6 Å². The number of benzene rings is 1. The third-order valence-electron chi connectivity index (χ3n) is 2.86. The molecule has 2 N–H and O–H groups in total. The lowest BCUT2D eigenvalue weighted by Crippen LogP contribution is -2.39. The minimum Gasteiger partial charge on any atom is -0.338 e. The van der Waals surface area contributed by atoms with Gasteiger partial charge in [0.2, 0.25) is 0 Å². The molecule has 0 aromatic heterocycles. The fraction of sp³-hybridized carbons (Fsp3) is 0.385. The Morgan fingerprint density at radius 3 is 2.12 bits per heavy atom. The summed E-state index contributed by atoms with van der Waals surface area (Å²) in [5.41, 5.74) is 6.69. The highest BCUT2D eigenvalue weighted by Crippen LogP contribution is 2.09. The highest BCUT2D eigenvalue weighted by atomic mass is 16.2. The van der Waals surface area contributed by atoms with Gasteiger partial charge in [-0.15, -0.1) is 0 Å². The maximum Gasteiger partial charge on any atom is 0.253 e. The number of hydrogen-bond acceptors (Lipinski definition) is 3. The van der Waals surface area contributed by atoms with Crippen LogP contribution in [0.25, 0.3) is 0 Å². The van der Waals surface area contributed by atoms with Gasteiger partial charge < -0.3 is 10.6 Å². The minimum absolute atomic E-state index is 0.00464. The molecule has 0 spiro atoms. The van der Waals surface area contributed by atoms with Crippen molar-refractivity contribution in [3.8, 4) is 0 Å². The van der Waals surface area contributed by atoms with Crippen molar-refractivity contribution in [3.05, 3.63) is 35.4 Å². The second-order valence-corrected chi connectivity index (χ2v) is 4.13. The second kappa shape index (κ2) is 5.59. The molecule has 0 heterocycles. The van der Waals surface area contributed by atoms with E-state index in [9.17, 15) is 9.59 Å². The third kappa shape index (κ3) is 3.14. The fourth-order valence-corrected chi connectivity index (χ4v) is 1.41. The van der Waals surface area contributed by atoms with E-state index in [2.05, 4.69) is 0 Å². The molecule has 0 aliphatic heterocycles. The van der Waals surface area contributed by atoms with E-state index in [1.165, 1.54) is 6.92 Å². The van der Waals surface area contributed by atoms with Crippen LogP contribution in [-0.4, -0.2) is 36.2 Å². The van der Waals surface area contributed by atoms with Crippen molar-refractivity contribution >= 4 is 11.7 Å². The molecular weight excluding hydrogens is 216 g/mol. The van der Waals surface area contributed by atoms with E-state index in [0.717, 1.165) is 0 Å². The zero-order valence-corrected chi connectivity index (χ0v) is 10.4. The largest absolute Gasteiger partial charge is 0.338 e. The molecule has 1 aromatic carbocycles. The first-order valence-electron chi connectivity index (χ1n) is 5.55. The lowest BCUT2D eigenvalue weighted by atomic mass is 10.1. The highest BCUT2D eigenvalue weighted by molar-refractivity contribution is 5.97. The lowest BCUT2D eigenvalue weighted by molar-refractivity contribution is 0.0748. The number of hydrogen-bond donors (Lipinski definition) is 1. The Kier molecular flexibility index (Phi) is 4.40. The molecule has 0 bridgehead atoms. The first-order chi connectivity index (χ1) is 7.97. The molecule has 0 radical (unpaired) electrons. The van der Waals surface area contributed by atoms with E-state index in [0.29, 0.717) is 17.7 Å². The molecule has 1 rings (SSSR count). The van der Waals surface area contributed by atoms with Crippen LogP contribution in [0.2, 0.25) is 0 Å². The van der Waals surface area contributed by atoms with Crippen molar-refractivity contribution in [1.29, 1.82) is 0 Å². The molecule has 1 atom stereocenters. The summed E-state index contributed by atoms with van der Waals surface area (Å²) < 4.78 is 0. The van der Waals surface area contributed by atoms with E-state index >= 15 is 0 Å². The summed E-state index contributed by atoms with van der Waals surface area (Å²) in [7, 11) is 1.72. The second-order valence-electron chi connectivity index (χ2n) is 4.13. The van der Waals surface area contributed by atoms with Crippen molar-refractivity contribution in [2.24, 2.45) is 5.73 Å². The van der Waals surface area contributed by atoms with Gasteiger partial charge in [-0.25, -0.2) is 0 Å². The highest BCUT2D eigenvalue weighted by Gasteiger charge is 2.16. The maximum absolute atomic E-state index is 12.0. The average Bonchev–Trinajstić information content (AvgIpc) is 2.36. The van der Waals surface area contributed by atoms with E-state index in [1.807, 2.05) is 6.92 Å². The number of nitrogens with zero attached hydrogens (tertiary/aromatic N) is 1. The molecule has 1 amide bonds. The monoisotopic (exact) mass is 234 g/mol. The van der Waals surface area contributed by atoms with Crippen LogP contribution in [-0.2, 0) is 0 Å². The Hall–Kier alpha value is -1.68. The van der Waals surface area contributed by atoms with Crippen LogP contribution in [0.15, 0.2) is 24.3 Å². The summed E-state index contributed by atoms with van der Waals surface area (Å²) >= 11 is 0. The first-order valence-corrected chi connectivity index (χ1v) is 5.55. The Bertz CT molecular complexity index is 412. The molecule has 0 aliphatic carbocycles. The number of likely N-dealkylation sites (N-methyl/N-ethyl adjacent to an activating group) is 1. The smallest absolute Gasteiger partial charge is 0.253 e. The molecule has 0 aliphatic rings. The van der Waals surface area contributed by atoms with Crippen LogP contribution in [0, 0.1) is 0 Å². The van der Waals surface area contributed by atoms with E-state index in [-0.39, 0.29) is 17.7 Å². The predicted molar refractivity (Wildman–Crippen MR) is 67.1 cm³/mol. The molecule has 0 saturated heterocycles. The predicted octanol–water partition coefficient (Wildman–Crippen LogP) is 1.31. The van der Waals surface area contributed by atoms with Gasteiger partial charge in [0.05, 0.1) is 0 Å². The molecular formula is C13H18N2O2. The number of rotatable bonds is 4. The van der Waals surface area contributed by atoms with Gasteiger partial charge in [0.15, 0.2) is 5.78 Å². The van der Waals surface area contributed by atoms with Crippen LogP contribution in [0.3, 0.4) is 0 Å². The SMILES string of the molecule is CC(=O)c1ccc(C(=O)N(C)C(C)CN)cc1. The lowest BCUT2D eigenvalue weighted by Gasteiger charge is -2.23. The van der Waals surface area contributed by atoms with Crippen molar-refractivity contribution in [2.45, 2.75) is 19.9 Å². The Balaban J connectivity index is 2.86. The van der Waals surface area contributed by atoms with E-state index in [1.54, 1.807) is 36.2 Å². The van der Waals surface area contributed by atoms with Crippen LogP contribution >= 0.6 is 0 Å². The van der Waals surface area contributed by atoms with Gasteiger partial charge in [0.1, 0.15) is 0 Å². The van der Waals surface area contributed by atoms with Gasteiger partial charge in [-0.05, 0) is 26.0 Å². The van der Waals surface area contributed by atoms with Gasteiger partial charge in [-0.2, -0.15) is 0 Å². The van der Waals surface area contributed by atoms with Gasteiger partial charge in [0.25, 0.3) is 5.91 Å². The minimum atomic E-state index is -0.0851. The summed E-state index contributed by atoms with van der Waals surface area (Å²) in [6.45, 7) is 3.81. The topological polar surface area (TPSA) is 63.4 Å². The molecule has 1 aromatic rings. The maximum atomic E-state index is 12.0. The summed E-state index contributed by atoms with van der Waals surface area (Å²) in [6, 6.07) is 6.65. The van der Waals surface area contributed by atoms with Gasteiger partial charge in [-0.1, -0.05) is 12.1 Å². The summed E-state index contributed by atoms with van der Waals surface area (Å²) in [6.07, 6.45) is 0. The van der Waals surface area contributed by atoms with Gasteiger partial charge in [0, 0.05) is 30.8 Å². The Morgan fingerprint density at radius 1 is 1.24 bits per heavy atom. The summed E-state index contributed by atoms with van der Waals surface area (Å²) in [4.78, 5) is 24.7. The zero-order valence-electron chi connectivity index (χ0n) is 10.4. The Labute approximate surface area is 101 Å². The van der Waals surface area contributed by atoms with E-state index < -0.39 is 0 Å². The molecule has 0 fully saturated rings. The first kappa shape index (κ1) is 13.4. The summed E-state index contributed by atoms with van der Waals surface area (Å²) in [5, 5.41) is 0. The van der Waals surface area contributed by atoms with Gasteiger partial charge >= 0.3 is 0 Å². The van der Waals surface area contributed by atoms with Crippen LogP contribution in [0.5, 0.6) is 0 Å². The number of nitrogens with two attached hydrogens (primary N) is 1. The quantitative estimate of drug-likeness (QED) is 0.799. The van der Waals surface area contributed by atoms with Crippen molar-refractivity contribution in [2.75, 3.05) is 13.6 Å². The zero-order chi connectivity index (χ0) is 13.0. The van der Waals surface area contributed by atoms with Crippen LogP contribution in [0.4, 0.5) is 0 Å². The van der Waals surface area contributed by atoms with Crippen LogP contribution < -0.4 is 5.73 Å². The van der Waals surface area contributed by atoms with Crippen molar-refractivity contribution in [1.82, 2.24) is 4.90 Å². The molecule has 4 heteroatoms. The van der Waals surface area contributed by atoms with Gasteiger partial charge in [-0.3, -0.25) is 9.59 Å². The van der Waals surface area contributed by atoms with Crippen molar-refractivity contribution in [3.63, 3.8) is 0 Å². The summed E-state index contributed by atoms with van der Waals surface area (Å²) in [5.74, 6) is -0.0919. The molecule has 1 unspecified atom stereocenters. The normalized spacial score (nSPS) is 12.0. The number of Topliss-reactive ketones (excluding diaryl/α,β-unsaturated/α-hetero) is 1. The molecule has 0 saturated carbocycles. The number of carbonyl (C=O) groups is 2. The standard InChI is InChI=1S/C13H18N2O2/c1-9(8-14)15(3)13(17)12-6-4-11(5-7-12)10(2)16/h4-7,9H,8,14H2,1-3H3. The number of amides is 1. The number of carbonyl (C=O) groups excluding carboxylic acids is 2. The molecule has 4 nitrogen and oxygen atoms in total. The molecule has 17 heavy (non-hydrogen) atoms. The third-order valence-corrected chi connectivity index (χ3v) is 2.86. The molecule has 92 valence electrons. The number of ketones is 1. The van der Waals surface area contributed by atoms with Crippen molar-refractivity contribution < 1.29 is 9.59 Å². The van der Waals surface area contributed by atoms with E-state index in [4.69, 9.17) is 5.73 Å². The Morgan fingerprint density at radius 2 is 1.71 bits per heavy atom. The fourth-order valence-electron chi connectivity index (χ4n) is 1.41. The average molecular weight is 234 g/mol.